The minimum Gasteiger partial charge on any atom is -0.324 e. The maximum atomic E-state index is 12.3. The van der Waals surface area contributed by atoms with Crippen LogP contribution >= 0.6 is 23.5 Å². The van der Waals surface area contributed by atoms with Crippen molar-refractivity contribution in [2.24, 2.45) is 0 Å². The summed E-state index contributed by atoms with van der Waals surface area (Å²) in [7, 11) is 0. The molecule has 0 saturated carbocycles. The lowest BCUT2D eigenvalue weighted by molar-refractivity contribution is -0.113. The Hall–Kier alpha value is -2.25. The zero-order valence-corrected chi connectivity index (χ0v) is 15.4. The van der Waals surface area contributed by atoms with E-state index < -0.39 is 0 Å². The van der Waals surface area contributed by atoms with E-state index in [-0.39, 0.29) is 5.91 Å². The van der Waals surface area contributed by atoms with Gasteiger partial charge in [-0.05, 0) is 31.2 Å². The Morgan fingerprint density at radius 2 is 1.88 bits per heavy atom. The van der Waals surface area contributed by atoms with Gasteiger partial charge in [-0.1, -0.05) is 53.9 Å². The molecule has 1 aromatic heterocycles. The number of hydrogen-bond donors (Lipinski definition) is 1. The third-order valence-electron chi connectivity index (χ3n) is 3.39. The van der Waals surface area contributed by atoms with Crippen molar-refractivity contribution in [3.05, 3.63) is 60.9 Å². The first-order valence-corrected chi connectivity index (χ1v) is 9.69. The average molecular weight is 371 g/mol. The Balaban J connectivity index is 1.63. The Morgan fingerprint density at radius 1 is 1.12 bits per heavy atom. The lowest BCUT2D eigenvalue weighted by atomic mass is 10.3. The molecule has 0 saturated heterocycles. The van der Waals surface area contributed by atoms with E-state index in [0.29, 0.717) is 5.75 Å². The minimum absolute atomic E-state index is 0.0586. The Labute approximate surface area is 155 Å². The lowest BCUT2D eigenvalue weighted by Crippen LogP contribution is -2.15. The molecule has 0 aliphatic rings. The highest BCUT2D eigenvalue weighted by atomic mass is 32.2. The largest absolute Gasteiger partial charge is 0.324 e. The number of rotatable bonds is 7. The van der Waals surface area contributed by atoms with Crippen LogP contribution in [0, 0.1) is 0 Å². The zero-order chi connectivity index (χ0) is 17.5. The Morgan fingerprint density at radius 3 is 2.68 bits per heavy atom. The fourth-order valence-electron chi connectivity index (χ4n) is 2.16. The maximum Gasteiger partial charge on any atom is 0.234 e. The molecule has 0 unspecified atom stereocenters. The van der Waals surface area contributed by atoms with Gasteiger partial charge >= 0.3 is 0 Å². The number of carbonyl (C=O) groups excluding carboxylic acids is 1. The van der Waals surface area contributed by atoms with Crippen molar-refractivity contribution < 1.29 is 4.79 Å². The van der Waals surface area contributed by atoms with Crippen LogP contribution < -0.4 is 5.32 Å². The highest BCUT2D eigenvalue weighted by Gasteiger charge is 2.10. The van der Waals surface area contributed by atoms with E-state index in [2.05, 4.69) is 27.6 Å². The predicted octanol–water partition coefficient (Wildman–Crippen LogP) is 4.18. The van der Waals surface area contributed by atoms with Gasteiger partial charge in [0.25, 0.3) is 0 Å². The van der Waals surface area contributed by atoms with Crippen molar-refractivity contribution in [2.45, 2.75) is 28.4 Å². The summed E-state index contributed by atoms with van der Waals surface area (Å²) in [6.07, 6.45) is 1.67. The van der Waals surface area contributed by atoms with E-state index >= 15 is 0 Å². The van der Waals surface area contributed by atoms with Crippen LogP contribution in [0.15, 0.2) is 75.9 Å². The molecule has 0 aliphatic heterocycles. The molecule has 0 atom stereocenters. The molecule has 25 heavy (non-hydrogen) atoms. The maximum absolute atomic E-state index is 12.3. The van der Waals surface area contributed by atoms with Gasteiger partial charge in [-0.25, -0.2) is 0 Å². The first-order chi connectivity index (χ1) is 12.3. The number of nitrogens with zero attached hydrogens (tertiary/aromatic N) is 3. The summed E-state index contributed by atoms with van der Waals surface area (Å²) in [5.74, 6) is 0.236. The van der Waals surface area contributed by atoms with Crippen LogP contribution in [0.5, 0.6) is 0 Å². The van der Waals surface area contributed by atoms with Gasteiger partial charge in [0.2, 0.25) is 5.91 Å². The third-order valence-corrected chi connectivity index (χ3v) is 5.45. The average Bonchev–Trinajstić information content (AvgIpc) is 3.10. The summed E-state index contributed by atoms with van der Waals surface area (Å²) in [6, 6.07) is 17.9. The number of thioether (sulfide) groups is 1. The van der Waals surface area contributed by atoms with Crippen molar-refractivity contribution >= 4 is 35.1 Å². The van der Waals surface area contributed by atoms with Gasteiger partial charge in [0.15, 0.2) is 5.16 Å². The first-order valence-electron chi connectivity index (χ1n) is 7.88. The molecule has 128 valence electrons. The lowest BCUT2D eigenvalue weighted by Gasteiger charge is -2.10. The molecule has 1 N–H and O–H groups in total. The molecule has 5 nitrogen and oxygen atoms in total. The van der Waals surface area contributed by atoms with E-state index in [1.54, 1.807) is 18.1 Å². The van der Waals surface area contributed by atoms with Crippen LogP contribution in [0.1, 0.15) is 6.92 Å². The molecule has 3 rings (SSSR count). The predicted molar refractivity (Wildman–Crippen MR) is 102 cm³/mol. The standard InChI is InChI=1S/C18H18N4OS2/c1-2-22-13-19-21-18(22)24-12-17(23)20-15-10-6-7-11-16(15)25-14-8-4-3-5-9-14/h3-11,13H,2,12H2,1H3,(H,20,23). The molecule has 7 heteroatoms. The fourth-order valence-corrected chi connectivity index (χ4v) is 3.87. The molecule has 0 aliphatic carbocycles. The van der Waals surface area contributed by atoms with E-state index in [9.17, 15) is 4.79 Å². The number of aromatic nitrogens is 3. The van der Waals surface area contributed by atoms with Crippen LogP contribution in [-0.4, -0.2) is 26.4 Å². The van der Waals surface area contributed by atoms with E-state index in [1.165, 1.54) is 11.8 Å². The van der Waals surface area contributed by atoms with Crippen LogP contribution in [0.2, 0.25) is 0 Å². The summed E-state index contributed by atoms with van der Waals surface area (Å²) < 4.78 is 1.91. The Bertz CT molecular complexity index is 836. The molecule has 0 radical (unpaired) electrons. The quantitative estimate of drug-likeness (QED) is 0.632. The van der Waals surface area contributed by atoms with Crippen molar-refractivity contribution in [3.63, 3.8) is 0 Å². The normalized spacial score (nSPS) is 10.6. The van der Waals surface area contributed by atoms with Gasteiger partial charge in [0, 0.05) is 16.3 Å². The van der Waals surface area contributed by atoms with Crippen molar-refractivity contribution in [3.8, 4) is 0 Å². The summed E-state index contributed by atoms with van der Waals surface area (Å²) >= 11 is 3.02. The number of aryl methyl sites for hydroxylation is 1. The summed E-state index contributed by atoms with van der Waals surface area (Å²) in [5.41, 5.74) is 0.818. The minimum atomic E-state index is -0.0586. The second-order valence-corrected chi connectivity index (χ2v) is 7.21. The molecular weight excluding hydrogens is 352 g/mol. The topological polar surface area (TPSA) is 59.8 Å². The smallest absolute Gasteiger partial charge is 0.234 e. The van der Waals surface area contributed by atoms with Gasteiger partial charge in [0.05, 0.1) is 11.4 Å². The first kappa shape index (κ1) is 17.6. The van der Waals surface area contributed by atoms with Crippen molar-refractivity contribution in [1.82, 2.24) is 14.8 Å². The monoisotopic (exact) mass is 370 g/mol. The van der Waals surface area contributed by atoms with E-state index in [4.69, 9.17) is 0 Å². The molecule has 1 amide bonds. The number of para-hydroxylation sites is 1. The molecule has 3 aromatic rings. The van der Waals surface area contributed by atoms with Crippen LogP contribution in [0.4, 0.5) is 5.69 Å². The van der Waals surface area contributed by atoms with Crippen LogP contribution in [-0.2, 0) is 11.3 Å². The third kappa shape index (κ3) is 4.87. The molecular formula is C18H18N4OS2. The highest BCUT2D eigenvalue weighted by molar-refractivity contribution is 8.00. The second kappa shape index (κ2) is 8.73. The SMILES string of the molecule is CCn1cnnc1SCC(=O)Nc1ccccc1Sc1ccccc1. The second-order valence-electron chi connectivity index (χ2n) is 5.15. The molecule has 1 heterocycles. The van der Waals surface area contributed by atoms with Crippen molar-refractivity contribution in [2.75, 3.05) is 11.1 Å². The number of benzene rings is 2. The van der Waals surface area contributed by atoms with E-state index in [0.717, 1.165) is 27.2 Å². The molecule has 2 aromatic carbocycles. The molecule has 0 bridgehead atoms. The van der Waals surface area contributed by atoms with Gasteiger partial charge in [-0.15, -0.1) is 10.2 Å². The number of hydrogen-bond acceptors (Lipinski definition) is 5. The van der Waals surface area contributed by atoms with Gasteiger partial charge in [-0.3, -0.25) is 4.79 Å². The van der Waals surface area contributed by atoms with Crippen molar-refractivity contribution in [1.29, 1.82) is 0 Å². The molecule has 0 spiro atoms. The number of amides is 1. The summed E-state index contributed by atoms with van der Waals surface area (Å²) in [6.45, 7) is 2.80. The summed E-state index contributed by atoms with van der Waals surface area (Å²) in [4.78, 5) is 14.5. The van der Waals surface area contributed by atoms with Crippen LogP contribution in [0.3, 0.4) is 0 Å². The van der Waals surface area contributed by atoms with Gasteiger partial charge in [0.1, 0.15) is 6.33 Å². The zero-order valence-electron chi connectivity index (χ0n) is 13.8. The number of nitrogens with one attached hydrogen (secondary N) is 1. The number of anilines is 1. The van der Waals surface area contributed by atoms with Gasteiger partial charge < -0.3 is 9.88 Å². The summed E-state index contributed by atoms with van der Waals surface area (Å²) in [5, 5.41) is 11.7. The number of carbonyl (C=O) groups is 1. The van der Waals surface area contributed by atoms with Crippen LogP contribution in [0.25, 0.3) is 0 Å². The van der Waals surface area contributed by atoms with E-state index in [1.807, 2.05) is 54.0 Å². The fraction of sp³-hybridized carbons (Fsp3) is 0.167. The Kier molecular flexibility index (Phi) is 6.14. The molecule has 0 fully saturated rings. The van der Waals surface area contributed by atoms with Gasteiger partial charge in [-0.2, -0.15) is 0 Å². The highest BCUT2D eigenvalue weighted by Crippen LogP contribution is 2.33.